The lowest BCUT2D eigenvalue weighted by Gasteiger charge is -2.18. The monoisotopic (exact) mass is 370 g/mol. The first-order chi connectivity index (χ1) is 12.8. The van der Waals surface area contributed by atoms with Gasteiger partial charge in [0.2, 0.25) is 0 Å². The molecule has 0 aromatic rings. The molecule has 1 unspecified atom stereocenters. The van der Waals surface area contributed by atoms with Gasteiger partial charge in [0, 0.05) is 6.04 Å². The molecule has 0 amide bonds. The van der Waals surface area contributed by atoms with Crippen LogP contribution in [0, 0.1) is 0 Å². The lowest BCUT2D eigenvalue weighted by atomic mass is 10.0. The number of unbranched alkanes of at least 4 members (excludes halogenated alkanes) is 6. The molecule has 158 valence electrons. The van der Waals surface area contributed by atoms with Gasteiger partial charge in [0.15, 0.2) is 0 Å². The van der Waals surface area contributed by atoms with E-state index < -0.39 is 0 Å². The minimum absolute atomic E-state index is 0.741. The van der Waals surface area contributed by atoms with E-state index in [9.17, 15) is 0 Å². The third kappa shape index (κ3) is 20.2. The van der Waals surface area contributed by atoms with Gasteiger partial charge >= 0.3 is 0 Å². The predicted molar refractivity (Wildman–Crippen MR) is 118 cm³/mol. The van der Waals surface area contributed by atoms with E-state index >= 15 is 0 Å². The minimum Gasteiger partial charge on any atom is -0.330 e. The second-order valence-corrected chi connectivity index (χ2v) is 7.70. The van der Waals surface area contributed by atoms with E-state index in [1.165, 1.54) is 77.0 Å². The Kier molecular flexibility index (Phi) is 22.7. The number of nitrogens with one attached hydrogen (secondary N) is 3. The van der Waals surface area contributed by atoms with Crippen molar-refractivity contribution in [2.24, 2.45) is 5.73 Å². The zero-order valence-electron chi connectivity index (χ0n) is 18.1. The maximum Gasteiger partial charge on any atom is 0.00669 e. The summed E-state index contributed by atoms with van der Waals surface area (Å²) in [5.41, 5.74) is 5.48. The molecule has 0 rings (SSSR count). The molecule has 0 saturated heterocycles. The molecule has 0 aliphatic heterocycles. The fraction of sp³-hybridized carbons (Fsp3) is 1.00. The summed E-state index contributed by atoms with van der Waals surface area (Å²) in [5, 5.41) is 10.8. The van der Waals surface area contributed by atoms with Gasteiger partial charge < -0.3 is 21.7 Å². The van der Waals surface area contributed by atoms with Crippen LogP contribution in [0.4, 0.5) is 0 Å². The molecule has 5 N–H and O–H groups in total. The van der Waals surface area contributed by atoms with Crippen molar-refractivity contribution in [3.8, 4) is 0 Å². The van der Waals surface area contributed by atoms with E-state index in [-0.39, 0.29) is 0 Å². The largest absolute Gasteiger partial charge is 0.330 e. The first-order valence-corrected chi connectivity index (χ1v) is 11.7. The molecule has 0 aliphatic rings. The second-order valence-electron chi connectivity index (χ2n) is 7.70. The molecule has 4 heteroatoms. The second kappa shape index (κ2) is 22.9. The van der Waals surface area contributed by atoms with E-state index in [1.807, 2.05) is 0 Å². The lowest BCUT2D eigenvalue weighted by molar-refractivity contribution is 0.420. The Bertz CT molecular complexity index is 248. The highest BCUT2D eigenvalue weighted by atomic mass is 14.9. The van der Waals surface area contributed by atoms with Gasteiger partial charge in [0.05, 0.1) is 0 Å². The molecule has 0 aromatic carbocycles. The summed E-state index contributed by atoms with van der Waals surface area (Å²) in [7, 11) is 0. The van der Waals surface area contributed by atoms with E-state index in [2.05, 4.69) is 29.8 Å². The van der Waals surface area contributed by atoms with E-state index in [1.54, 1.807) is 0 Å². The maximum atomic E-state index is 5.48. The molecule has 1 atom stereocenters. The fourth-order valence-electron chi connectivity index (χ4n) is 3.36. The van der Waals surface area contributed by atoms with Gasteiger partial charge in [0.25, 0.3) is 0 Å². The Labute approximate surface area is 164 Å². The van der Waals surface area contributed by atoms with Crippen LogP contribution in [0.25, 0.3) is 0 Å². The summed E-state index contributed by atoms with van der Waals surface area (Å²) in [4.78, 5) is 0. The third-order valence-electron chi connectivity index (χ3n) is 5.02. The Hall–Kier alpha value is -0.160. The highest BCUT2D eigenvalue weighted by molar-refractivity contribution is 4.67. The Morgan fingerprint density at radius 3 is 1.85 bits per heavy atom. The number of nitrogens with two attached hydrogens (primary N) is 1. The van der Waals surface area contributed by atoms with Gasteiger partial charge in [0.1, 0.15) is 0 Å². The fourth-order valence-corrected chi connectivity index (χ4v) is 3.36. The average molecular weight is 371 g/mol. The van der Waals surface area contributed by atoms with Gasteiger partial charge in [-0.15, -0.1) is 0 Å². The molecular weight excluding hydrogens is 320 g/mol. The molecule has 0 bridgehead atoms. The first-order valence-electron chi connectivity index (χ1n) is 11.7. The molecule has 0 radical (unpaired) electrons. The van der Waals surface area contributed by atoms with Gasteiger partial charge in [-0.25, -0.2) is 0 Å². The predicted octanol–water partition coefficient (Wildman–Crippen LogP) is 4.19. The van der Waals surface area contributed by atoms with Crippen LogP contribution in [0.5, 0.6) is 0 Å². The molecule has 0 fully saturated rings. The van der Waals surface area contributed by atoms with Crippen molar-refractivity contribution in [2.45, 2.75) is 103 Å². The van der Waals surface area contributed by atoms with Gasteiger partial charge in [-0.2, -0.15) is 0 Å². The Morgan fingerprint density at radius 2 is 1.19 bits per heavy atom. The van der Waals surface area contributed by atoms with Crippen molar-refractivity contribution in [1.29, 1.82) is 0 Å². The van der Waals surface area contributed by atoms with Crippen LogP contribution in [0.3, 0.4) is 0 Å². The standard InChI is InChI=1S/C22H50N4/c1-3-5-6-7-8-9-15-22(14-4-2)26-21-13-20-25-18-11-10-17-24-19-12-16-23/h22,24-26H,3-21,23H2,1-2H3. The van der Waals surface area contributed by atoms with Crippen LogP contribution < -0.4 is 21.7 Å². The SMILES string of the molecule is CCCCCCCCC(CCC)NCCCNCCCCNCCCN. The normalized spacial score (nSPS) is 12.6. The van der Waals surface area contributed by atoms with Crippen LogP contribution >= 0.6 is 0 Å². The Balaban J connectivity index is 3.37. The molecule has 0 heterocycles. The summed E-state index contributed by atoms with van der Waals surface area (Å²) in [6, 6.07) is 0.741. The summed E-state index contributed by atoms with van der Waals surface area (Å²) in [6.07, 6.45) is 17.3. The van der Waals surface area contributed by atoms with Gasteiger partial charge in [-0.1, -0.05) is 58.8 Å². The van der Waals surface area contributed by atoms with Gasteiger partial charge in [-0.3, -0.25) is 0 Å². The average Bonchev–Trinajstić information content (AvgIpc) is 2.65. The number of rotatable bonds is 22. The van der Waals surface area contributed by atoms with Crippen LogP contribution in [-0.2, 0) is 0 Å². The highest BCUT2D eigenvalue weighted by Crippen LogP contribution is 2.11. The van der Waals surface area contributed by atoms with Crippen molar-refractivity contribution < 1.29 is 0 Å². The first kappa shape index (κ1) is 25.8. The van der Waals surface area contributed by atoms with E-state index in [0.29, 0.717) is 0 Å². The molecule has 0 saturated carbocycles. The van der Waals surface area contributed by atoms with Crippen molar-refractivity contribution in [1.82, 2.24) is 16.0 Å². The number of hydrogen-bond acceptors (Lipinski definition) is 4. The van der Waals surface area contributed by atoms with E-state index in [0.717, 1.165) is 51.7 Å². The summed E-state index contributed by atoms with van der Waals surface area (Å²) in [5.74, 6) is 0. The molecule has 0 aromatic heterocycles. The van der Waals surface area contributed by atoms with Crippen LogP contribution in [0.2, 0.25) is 0 Å². The minimum atomic E-state index is 0.741. The zero-order valence-corrected chi connectivity index (χ0v) is 18.1. The molecule has 4 nitrogen and oxygen atoms in total. The lowest BCUT2D eigenvalue weighted by Crippen LogP contribution is -2.31. The summed E-state index contributed by atoms with van der Waals surface area (Å²) < 4.78 is 0. The Morgan fingerprint density at radius 1 is 0.577 bits per heavy atom. The molecule has 0 aliphatic carbocycles. The third-order valence-corrected chi connectivity index (χ3v) is 5.02. The van der Waals surface area contributed by atoms with Crippen LogP contribution in [-0.4, -0.2) is 45.3 Å². The summed E-state index contributed by atoms with van der Waals surface area (Å²) >= 11 is 0. The summed E-state index contributed by atoms with van der Waals surface area (Å²) in [6.45, 7) is 11.0. The van der Waals surface area contributed by atoms with Crippen molar-refractivity contribution in [3.63, 3.8) is 0 Å². The highest BCUT2D eigenvalue weighted by Gasteiger charge is 2.06. The molecule has 0 spiro atoms. The van der Waals surface area contributed by atoms with Crippen molar-refractivity contribution >= 4 is 0 Å². The molecule has 26 heavy (non-hydrogen) atoms. The van der Waals surface area contributed by atoms with E-state index in [4.69, 9.17) is 5.73 Å². The smallest absolute Gasteiger partial charge is 0.00669 e. The maximum absolute atomic E-state index is 5.48. The van der Waals surface area contributed by atoms with Crippen molar-refractivity contribution in [2.75, 3.05) is 39.3 Å². The zero-order chi connectivity index (χ0) is 19.1. The van der Waals surface area contributed by atoms with Crippen LogP contribution in [0.1, 0.15) is 97.3 Å². The molecular formula is C22H50N4. The van der Waals surface area contributed by atoms with Gasteiger partial charge in [-0.05, 0) is 77.8 Å². The van der Waals surface area contributed by atoms with Crippen LogP contribution in [0.15, 0.2) is 0 Å². The topological polar surface area (TPSA) is 62.1 Å². The quantitative estimate of drug-likeness (QED) is 0.216. The number of hydrogen-bond donors (Lipinski definition) is 4. The van der Waals surface area contributed by atoms with Crippen molar-refractivity contribution in [3.05, 3.63) is 0 Å².